The van der Waals surface area contributed by atoms with Crippen molar-refractivity contribution in [3.8, 4) is 11.3 Å². The van der Waals surface area contributed by atoms with E-state index < -0.39 is 5.24 Å². The molecule has 0 saturated heterocycles. The average Bonchev–Trinajstić information content (AvgIpc) is 2.66. The van der Waals surface area contributed by atoms with Crippen LogP contribution < -0.4 is 0 Å². The molecule has 0 amide bonds. The number of rotatable bonds is 3. The molecule has 0 bridgehead atoms. The van der Waals surface area contributed by atoms with Crippen LogP contribution in [0.15, 0.2) is 41.1 Å². The SMILES string of the molecule is O=C(Cl)Cc1ocnc1-c1ccccc1. The van der Waals surface area contributed by atoms with Crippen molar-refractivity contribution in [2.24, 2.45) is 0 Å². The Kier molecular flexibility index (Phi) is 2.83. The maximum atomic E-state index is 10.8. The number of halogens is 1. The average molecular weight is 222 g/mol. The Morgan fingerprint density at radius 2 is 2.07 bits per heavy atom. The number of benzene rings is 1. The second kappa shape index (κ2) is 4.28. The Labute approximate surface area is 91.7 Å². The predicted molar refractivity (Wildman–Crippen MR) is 56.5 cm³/mol. The second-order valence-electron chi connectivity index (χ2n) is 3.02. The van der Waals surface area contributed by atoms with Gasteiger partial charge in [-0.05, 0) is 11.6 Å². The molecule has 0 aliphatic carbocycles. The Morgan fingerprint density at radius 3 is 2.73 bits per heavy atom. The zero-order valence-corrected chi connectivity index (χ0v) is 8.57. The third-order valence-electron chi connectivity index (χ3n) is 1.99. The fraction of sp³-hybridized carbons (Fsp3) is 0.0909. The van der Waals surface area contributed by atoms with Crippen LogP contribution in [0.25, 0.3) is 11.3 Å². The van der Waals surface area contributed by atoms with Gasteiger partial charge in [-0.1, -0.05) is 30.3 Å². The number of carbonyl (C=O) groups excluding carboxylic acids is 1. The third kappa shape index (κ3) is 2.25. The van der Waals surface area contributed by atoms with E-state index in [-0.39, 0.29) is 6.42 Å². The molecule has 2 aromatic rings. The summed E-state index contributed by atoms with van der Waals surface area (Å²) in [5.74, 6) is 0.501. The molecular weight excluding hydrogens is 214 g/mol. The minimum absolute atomic E-state index is 0.0613. The summed E-state index contributed by atoms with van der Waals surface area (Å²) in [6.07, 6.45) is 1.38. The smallest absolute Gasteiger partial charge is 0.229 e. The zero-order valence-electron chi connectivity index (χ0n) is 7.81. The first-order chi connectivity index (χ1) is 7.27. The minimum Gasteiger partial charge on any atom is -0.447 e. The lowest BCUT2D eigenvalue weighted by Crippen LogP contribution is -1.94. The lowest BCUT2D eigenvalue weighted by atomic mass is 10.1. The molecule has 2 rings (SSSR count). The molecule has 0 radical (unpaired) electrons. The number of aromatic nitrogens is 1. The molecule has 1 aromatic heterocycles. The van der Waals surface area contributed by atoms with E-state index >= 15 is 0 Å². The van der Waals surface area contributed by atoms with E-state index in [0.717, 1.165) is 5.56 Å². The first-order valence-electron chi connectivity index (χ1n) is 4.43. The molecule has 0 fully saturated rings. The van der Waals surface area contributed by atoms with Gasteiger partial charge in [0.25, 0.3) is 0 Å². The maximum absolute atomic E-state index is 10.8. The van der Waals surface area contributed by atoms with Gasteiger partial charge < -0.3 is 4.42 Å². The van der Waals surface area contributed by atoms with Crippen molar-refractivity contribution < 1.29 is 9.21 Å². The zero-order chi connectivity index (χ0) is 10.7. The van der Waals surface area contributed by atoms with E-state index in [1.165, 1.54) is 6.39 Å². The van der Waals surface area contributed by atoms with Gasteiger partial charge in [-0.3, -0.25) is 4.79 Å². The van der Waals surface area contributed by atoms with Crippen LogP contribution in [0.1, 0.15) is 5.76 Å². The molecule has 0 N–H and O–H groups in total. The predicted octanol–water partition coefficient (Wildman–Crippen LogP) is 2.65. The Hall–Kier alpha value is -1.61. The van der Waals surface area contributed by atoms with Crippen LogP contribution in [0.3, 0.4) is 0 Å². The summed E-state index contributed by atoms with van der Waals surface area (Å²) in [6, 6.07) is 9.52. The molecule has 4 heteroatoms. The molecule has 76 valence electrons. The van der Waals surface area contributed by atoms with Gasteiger partial charge in [0.2, 0.25) is 5.24 Å². The van der Waals surface area contributed by atoms with Crippen LogP contribution in [-0.2, 0) is 11.2 Å². The molecule has 15 heavy (non-hydrogen) atoms. The summed E-state index contributed by atoms with van der Waals surface area (Å²) >= 11 is 5.30. The highest BCUT2D eigenvalue weighted by Gasteiger charge is 2.12. The summed E-state index contributed by atoms with van der Waals surface area (Å²) in [5, 5.41) is -0.455. The lowest BCUT2D eigenvalue weighted by Gasteiger charge is -1.97. The van der Waals surface area contributed by atoms with Crippen molar-refractivity contribution in [1.82, 2.24) is 4.98 Å². The molecule has 0 atom stereocenters. The monoisotopic (exact) mass is 221 g/mol. The van der Waals surface area contributed by atoms with Crippen LogP contribution >= 0.6 is 11.6 Å². The van der Waals surface area contributed by atoms with Crippen LogP contribution in [-0.4, -0.2) is 10.2 Å². The normalized spacial score (nSPS) is 10.2. The highest BCUT2D eigenvalue weighted by Crippen LogP contribution is 2.22. The fourth-order valence-electron chi connectivity index (χ4n) is 1.35. The van der Waals surface area contributed by atoms with E-state index in [9.17, 15) is 4.79 Å². The molecule has 1 heterocycles. The molecule has 0 spiro atoms. The first kappa shape index (κ1) is 9.93. The van der Waals surface area contributed by atoms with Crippen LogP contribution in [0.4, 0.5) is 0 Å². The number of carbonyl (C=O) groups is 1. The van der Waals surface area contributed by atoms with E-state index in [1.54, 1.807) is 0 Å². The number of hydrogen-bond donors (Lipinski definition) is 0. The van der Waals surface area contributed by atoms with Crippen LogP contribution in [0, 0.1) is 0 Å². The van der Waals surface area contributed by atoms with Gasteiger partial charge >= 0.3 is 0 Å². The Balaban J connectivity index is 2.37. The van der Waals surface area contributed by atoms with Gasteiger partial charge in [-0.25, -0.2) is 4.98 Å². The standard InChI is InChI=1S/C11H8ClNO2/c12-10(14)6-9-11(13-7-15-9)8-4-2-1-3-5-8/h1-5,7H,6H2. The van der Waals surface area contributed by atoms with Crippen molar-refractivity contribution in [2.75, 3.05) is 0 Å². The van der Waals surface area contributed by atoms with Gasteiger partial charge in [0.1, 0.15) is 11.5 Å². The van der Waals surface area contributed by atoms with Crippen molar-refractivity contribution in [3.05, 3.63) is 42.5 Å². The molecule has 0 aliphatic rings. The first-order valence-corrected chi connectivity index (χ1v) is 4.81. The second-order valence-corrected chi connectivity index (χ2v) is 3.44. The summed E-state index contributed by atoms with van der Waals surface area (Å²) in [5.41, 5.74) is 1.59. The van der Waals surface area contributed by atoms with Crippen molar-refractivity contribution in [2.45, 2.75) is 6.42 Å². The van der Waals surface area contributed by atoms with Gasteiger partial charge in [-0.2, -0.15) is 0 Å². The molecule has 0 unspecified atom stereocenters. The van der Waals surface area contributed by atoms with Crippen molar-refractivity contribution in [3.63, 3.8) is 0 Å². The molecule has 0 aliphatic heterocycles. The van der Waals surface area contributed by atoms with Crippen LogP contribution in [0.5, 0.6) is 0 Å². The topological polar surface area (TPSA) is 43.1 Å². The van der Waals surface area contributed by atoms with Crippen LogP contribution in [0.2, 0.25) is 0 Å². The van der Waals surface area contributed by atoms with E-state index in [0.29, 0.717) is 11.5 Å². The molecule has 1 aromatic carbocycles. The lowest BCUT2D eigenvalue weighted by molar-refractivity contribution is -0.111. The van der Waals surface area contributed by atoms with Gasteiger partial charge in [0, 0.05) is 5.56 Å². The van der Waals surface area contributed by atoms with E-state index in [2.05, 4.69) is 4.98 Å². The van der Waals surface area contributed by atoms with Gasteiger partial charge in [0.05, 0.1) is 6.42 Å². The largest absolute Gasteiger partial charge is 0.447 e. The minimum atomic E-state index is -0.455. The Morgan fingerprint density at radius 1 is 1.33 bits per heavy atom. The van der Waals surface area contributed by atoms with E-state index in [4.69, 9.17) is 16.0 Å². The van der Waals surface area contributed by atoms with Crippen molar-refractivity contribution >= 4 is 16.8 Å². The highest BCUT2D eigenvalue weighted by atomic mass is 35.5. The number of nitrogens with zero attached hydrogens (tertiary/aromatic N) is 1. The third-order valence-corrected chi connectivity index (χ3v) is 2.12. The van der Waals surface area contributed by atoms with Gasteiger partial charge in [0.15, 0.2) is 6.39 Å². The number of hydrogen-bond acceptors (Lipinski definition) is 3. The van der Waals surface area contributed by atoms with Gasteiger partial charge in [-0.15, -0.1) is 0 Å². The molecular formula is C11H8ClNO2. The van der Waals surface area contributed by atoms with Crippen molar-refractivity contribution in [1.29, 1.82) is 0 Å². The summed E-state index contributed by atoms with van der Waals surface area (Å²) in [7, 11) is 0. The summed E-state index contributed by atoms with van der Waals surface area (Å²) in [4.78, 5) is 14.8. The highest BCUT2D eigenvalue weighted by molar-refractivity contribution is 6.63. The summed E-state index contributed by atoms with van der Waals surface area (Å²) in [6.45, 7) is 0. The van der Waals surface area contributed by atoms with E-state index in [1.807, 2.05) is 30.3 Å². The maximum Gasteiger partial charge on any atom is 0.229 e. The molecule has 3 nitrogen and oxygen atoms in total. The molecule has 0 saturated carbocycles. The Bertz CT molecular complexity index is 464. The number of oxazole rings is 1. The fourth-order valence-corrected chi connectivity index (χ4v) is 1.48. The summed E-state index contributed by atoms with van der Waals surface area (Å²) < 4.78 is 5.11. The quantitative estimate of drug-likeness (QED) is 0.749.